The minimum Gasteiger partial charge on any atom is -0.497 e. The first-order chi connectivity index (χ1) is 13.2. The second kappa shape index (κ2) is 7.36. The highest BCUT2D eigenvalue weighted by Crippen LogP contribution is 2.28. The second-order valence-electron chi connectivity index (χ2n) is 6.27. The molecule has 0 spiro atoms. The molecule has 0 fully saturated rings. The average Bonchev–Trinajstić information content (AvgIpc) is 3.13. The summed E-state index contributed by atoms with van der Waals surface area (Å²) >= 11 is 1.65. The van der Waals surface area contributed by atoms with Gasteiger partial charge in [-0.15, -0.1) is 5.10 Å². The van der Waals surface area contributed by atoms with Crippen molar-refractivity contribution in [2.75, 3.05) is 7.11 Å². The number of benzene rings is 2. The molecule has 0 N–H and O–H groups in total. The number of aryl methyl sites for hydroxylation is 2. The minimum atomic E-state index is 0.682. The van der Waals surface area contributed by atoms with E-state index in [1.807, 2.05) is 24.3 Å². The Balaban J connectivity index is 1.67. The summed E-state index contributed by atoms with van der Waals surface area (Å²) in [5, 5.41) is 9.44. The number of hydrogen-bond acceptors (Lipinski definition) is 6. The Bertz CT molecular complexity index is 1110. The van der Waals surface area contributed by atoms with Gasteiger partial charge in [-0.05, 0) is 37.1 Å². The van der Waals surface area contributed by atoms with Gasteiger partial charge in [0.05, 0.1) is 12.8 Å². The van der Waals surface area contributed by atoms with Crippen molar-refractivity contribution in [1.82, 2.24) is 25.0 Å². The topological polar surface area (TPSA) is 65.7 Å². The molecule has 2 aromatic carbocycles. The number of nitrogens with zero attached hydrogens (tertiary/aromatic N) is 5. The lowest BCUT2D eigenvalue weighted by molar-refractivity contribution is 0.414. The van der Waals surface area contributed by atoms with Gasteiger partial charge in [0, 0.05) is 11.8 Å². The largest absolute Gasteiger partial charge is 0.497 e. The second-order valence-corrected chi connectivity index (χ2v) is 7.24. The molecule has 4 rings (SSSR count). The van der Waals surface area contributed by atoms with E-state index in [9.17, 15) is 0 Å². The quantitative estimate of drug-likeness (QED) is 0.385. The Morgan fingerprint density at radius 3 is 2.81 bits per heavy atom. The zero-order valence-corrected chi connectivity index (χ0v) is 16.2. The lowest BCUT2D eigenvalue weighted by Crippen LogP contribution is -1.99. The predicted octanol–water partition coefficient (Wildman–Crippen LogP) is 4.13. The van der Waals surface area contributed by atoms with Gasteiger partial charge in [-0.1, -0.05) is 46.8 Å². The van der Waals surface area contributed by atoms with Crippen molar-refractivity contribution in [1.29, 1.82) is 0 Å². The van der Waals surface area contributed by atoms with Crippen LogP contribution in [0.2, 0.25) is 0 Å². The monoisotopic (exact) mass is 377 g/mol. The number of ether oxygens (including phenoxy) is 1. The molecule has 0 aliphatic heterocycles. The molecule has 0 aliphatic carbocycles. The van der Waals surface area contributed by atoms with E-state index in [1.54, 1.807) is 29.9 Å². The Morgan fingerprint density at radius 1 is 1.07 bits per heavy atom. The summed E-state index contributed by atoms with van der Waals surface area (Å²) in [6, 6.07) is 14.2. The normalized spacial score (nSPS) is 11.1. The van der Waals surface area contributed by atoms with Crippen molar-refractivity contribution in [3.63, 3.8) is 0 Å². The summed E-state index contributed by atoms with van der Waals surface area (Å²) in [6.07, 6.45) is 1.56. The average molecular weight is 377 g/mol. The van der Waals surface area contributed by atoms with Crippen LogP contribution in [-0.4, -0.2) is 32.1 Å². The van der Waals surface area contributed by atoms with Crippen LogP contribution >= 0.6 is 11.8 Å². The first-order valence-corrected chi connectivity index (χ1v) is 9.54. The van der Waals surface area contributed by atoms with Crippen molar-refractivity contribution in [3.05, 3.63) is 65.5 Å². The van der Waals surface area contributed by atoms with Crippen LogP contribution in [0, 0.1) is 13.8 Å². The molecule has 2 aromatic heterocycles. The molecule has 27 heavy (non-hydrogen) atoms. The molecule has 136 valence electrons. The maximum Gasteiger partial charge on any atom is 0.187 e. The SMILES string of the molecule is COc1cccc(-n2nnc3c(SCc4cc(C)ccc4C)ncnc32)c1. The lowest BCUT2D eigenvalue weighted by atomic mass is 10.1. The zero-order chi connectivity index (χ0) is 18.8. The van der Waals surface area contributed by atoms with E-state index in [-0.39, 0.29) is 0 Å². The fourth-order valence-corrected chi connectivity index (χ4v) is 3.85. The Kier molecular flexibility index (Phi) is 4.77. The van der Waals surface area contributed by atoms with Crippen LogP contribution in [0.4, 0.5) is 0 Å². The number of methoxy groups -OCH3 is 1. The first kappa shape index (κ1) is 17.5. The highest BCUT2D eigenvalue weighted by Gasteiger charge is 2.14. The number of thioether (sulfide) groups is 1. The van der Waals surface area contributed by atoms with Gasteiger partial charge in [0.1, 0.15) is 17.1 Å². The van der Waals surface area contributed by atoms with E-state index >= 15 is 0 Å². The van der Waals surface area contributed by atoms with E-state index in [4.69, 9.17) is 4.74 Å². The van der Waals surface area contributed by atoms with E-state index in [0.717, 1.165) is 22.2 Å². The summed E-state index contributed by atoms with van der Waals surface area (Å²) in [4.78, 5) is 8.82. The Labute approximate surface area is 161 Å². The van der Waals surface area contributed by atoms with E-state index in [0.29, 0.717) is 11.2 Å². The van der Waals surface area contributed by atoms with E-state index < -0.39 is 0 Å². The van der Waals surface area contributed by atoms with Gasteiger partial charge in [0.15, 0.2) is 11.2 Å². The highest BCUT2D eigenvalue weighted by molar-refractivity contribution is 7.98. The molecule has 0 bridgehead atoms. The Hall–Kier alpha value is -2.93. The molecular weight excluding hydrogens is 358 g/mol. The third kappa shape index (κ3) is 3.50. The zero-order valence-electron chi connectivity index (χ0n) is 15.4. The standard InChI is InChI=1S/C20H19N5OS/c1-13-7-8-14(2)15(9-13)11-27-20-18-19(21-12-22-20)25(24-23-18)16-5-4-6-17(10-16)26-3/h4-10,12H,11H2,1-3H3. The van der Waals surface area contributed by atoms with Crippen molar-refractivity contribution in [3.8, 4) is 11.4 Å². The summed E-state index contributed by atoms with van der Waals surface area (Å²) in [6.45, 7) is 4.24. The van der Waals surface area contributed by atoms with Crippen LogP contribution in [0.25, 0.3) is 16.9 Å². The molecule has 7 heteroatoms. The molecule has 0 amide bonds. The number of rotatable bonds is 5. The molecule has 0 atom stereocenters. The van der Waals surface area contributed by atoms with Gasteiger partial charge < -0.3 is 4.74 Å². The molecule has 0 radical (unpaired) electrons. The summed E-state index contributed by atoms with van der Waals surface area (Å²) in [7, 11) is 1.64. The Morgan fingerprint density at radius 2 is 1.96 bits per heavy atom. The number of aromatic nitrogens is 5. The van der Waals surface area contributed by atoms with E-state index in [2.05, 4.69) is 52.3 Å². The predicted molar refractivity (Wildman–Crippen MR) is 106 cm³/mol. The number of fused-ring (bicyclic) bond motifs is 1. The third-order valence-corrected chi connectivity index (χ3v) is 5.40. The van der Waals surface area contributed by atoms with Gasteiger partial charge >= 0.3 is 0 Å². The molecular formula is C20H19N5OS. The third-order valence-electron chi connectivity index (χ3n) is 4.37. The maximum absolute atomic E-state index is 5.30. The summed E-state index contributed by atoms with van der Waals surface area (Å²) < 4.78 is 7.01. The first-order valence-electron chi connectivity index (χ1n) is 8.55. The molecule has 0 aliphatic rings. The van der Waals surface area contributed by atoms with Crippen molar-refractivity contribution in [2.45, 2.75) is 24.6 Å². The van der Waals surface area contributed by atoms with E-state index in [1.165, 1.54) is 16.7 Å². The molecule has 4 aromatic rings. The fourth-order valence-electron chi connectivity index (χ4n) is 2.85. The van der Waals surface area contributed by atoms with Crippen LogP contribution in [-0.2, 0) is 5.75 Å². The molecule has 0 saturated heterocycles. The van der Waals surface area contributed by atoms with Gasteiger partial charge in [-0.2, -0.15) is 4.68 Å². The summed E-state index contributed by atoms with van der Waals surface area (Å²) in [5.41, 5.74) is 6.07. The van der Waals surface area contributed by atoms with Crippen molar-refractivity contribution in [2.24, 2.45) is 0 Å². The lowest BCUT2D eigenvalue weighted by Gasteiger charge is -2.07. The van der Waals surface area contributed by atoms with Gasteiger partial charge in [0.25, 0.3) is 0 Å². The van der Waals surface area contributed by atoms with Crippen molar-refractivity contribution >= 4 is 22.9 Å². The minimum absolute atomic E-state index is 0.682. The maximum atomic E-state index is 5.30. The van der Waals surface area contributed by atoms with Crippen LogP contribution in [0.5, 0.6) is 5.75 Å². The molecule has 0 saturated carbocycles. The van der Waals surface area contributed by atoms with Crippen LogP contribution in [0.3, 0.4) is 0 Å². The van der Waals surface area contributed by atoms with Crippen LogP contribution in [0.15, 0.2) is 53.8 Å². The van der Waals surface area contributed by atoms with Crippen LogP contribution in [0.1, 0.15) is 16.7 Å². The van der Waals surface area contributed by atoms with Gasteiger partial charge in [-0.3, -0.25) is 0 Å². The number of hydrogen-bond donors (Lipinski definition) is 0. The smallest absolute Gasteiger partial charge is 0.187 e. The molecule has 6 nitrogen and oxygen atoms in total. The highest BCUT2D eigenvalue weighted by atomic mass is 32.2. The molecule has 2 heterocycles. The van der Waals surface area contributed by atoms with Crippen molar-refractivity contribution < 1.29 is 4.74 Å². The van der Waals surface area contributed by atoms with Gasteiger partial charge in [-0.25, -0.2) is 9.97 Å². The molecule has 0 unspecified atom stereocenters. The van der Waals surface area contributed by atoms with Crippen LogP contribution < -0.4 is 4.74 Å². The fraction of sp³-hybridized carbons (Fsp3) is 0.200. The summed E-state index contributed by atoms with van der Waals surface area (Å²) in [5.74, 6) is 1.58. The van der Waals surface area contributed by atoms with Gasteiger partial charge in [0.2, 0.25) is 0 Å².